The summed E-state index contributed by atoms with van der Waals surface area (Å²) >= 11 is 12.0. The van der Waals surface area contributed by atoms with Gasteiger partial charge in [0.1, 0.15) is 12.3 Å². The van der Waals surface area contributed by atoms with Gasteiger partial charge in [-0.15, -0.1) is 0 Å². The third-order valence-electron chi connectivity index (χ3n) is 4.92. The lowest BCUT2D eigenvalue weighted by Gasteiger charge is -2.26. The van der Waals surface area contributed by atoms with Crippen LogP contribution in [-0.4, -0.2) is 73.3 Å². The zero-order valence-corrected chi connectivity index (χ0v) is 21.5. The zero-order chi connectivity index (χ0) is 25.1. The first-order valence-electron chi connectivity index (χ1n) is 9.92. The van der Waals surface area contributed by atoms with E-state index in [-0.39, 0.29) is 53.3 Å². The molecule has 1 N–H and O–H groups in total. The Balaban J connectivity index is 1.88. The number of morpholine rings is 1. The number of rotatable bonds is 8. The fourth-order valence-electron chi connectivity index (χ4n) is 3.27. The normalized spacial score (nSPS) is 15.1. The number of halogens is 2. The van der Waals surface area contributed by atoms with Gasteiger partial charge in [-0.2, -0.15) is 4.31 Å². The number of sulfonamides is 2. The van der Waals surface area contributed by atoms with Crippen molar-refractivity contribution in [2.75, 3.05) is 55.8 Å². The van der Waals surface area contributed by atoms with Crippen molar-refractivity contribution >= 4 is 60.5 Å². The Labute approximate surface area is 208 Å². The molecular weight excluding hydrogens is 529 g/mol. The Hall–Kier alpha value is -2.09. The summed E-state index contributed by atoms with van der Waals surface area (Å²) in [7, 11) is -6.38. The number of hydrogen-bond donors (Lipinski definition) is 1. The van der Waals surface area contributed by atoms with Gasteiger partial charge in [0.25, 0.3) is 0 Å². The van der Waals surface area contributed by atoms with Gasteiger partial charge in [-0.25, -0.2) is 16.8 Å². The summed E-state index contributed by atoms with van der Waals surface area (Å²) < 4.78 is 63.3. The molecule has 1 amide bonds. The van der Waals surface area contributed by atoms with E-state index in [1.807, 2.05) is 0 Å². The molecule has 34 heavy (non-hydrogen) atoms. The number of ether oxygens (including phenoxy) is 2. The lowest BCUT2D eigenvalue weighted by atomic mass is 10.3. The second-order valence-electron chi connectivity index (χ2n) is 7.29. The van der Waals surface area contributed by atoms with Crippen LogP contribution in [0.1, 0.15) is 0 Å². The smallest absolute Gasteiger partial charge is 0.245 e. The van der Waals surface area contributed by atoms with E-state index in [9.17, 15) is 21.6 Å². The molecule has 0 atom stereocenters. The van der Waals surface area contributed by atoms with Gasteiger partial charge in [0.15, 0.2) is 0 Å². The minimum absolute atomic E-state index is 0.0434. The summed E-state index contributed by atoms with van der Waals surface area (Å²) in [6, 6.07) is 8.24. The molecule has 0 radical (unpaired) electrons. The van der Waals surface area contributed by atoms with Gasteiger partial charge in [0, 0.05) is 18.1 Å². The number of amides is 1. The van der Waals surface area contributed by atoms with Crippen LogP contribution in [0.15, 0.2) is 41.3 Å². The summed E-state index contributed by atoms with van der Waals surface area (Å²) in [5.74, 6) is -0.541. The van der Waals surface area contributed by atoms with Gasteiger partial charge in [-0.3, -0.25) is 9.10 Å². The minimum Gasteiger partial charge on any atom is -0.495 e. The van der Waals surface area contributed by atoms with Crippen molar-refractivity contribution in [1.82, 2.24) is 4.31 Å². The summed E-state index contributed by atoms with van der Waals surface area (Å²) in [5, 5.41) is 2.88. The molecule has 1 heterocycles. The van der Waals surface area contributed by atoms with Gasteiger partial charge in [0.05, 0.1) is 47.9 Å². The average Bonchev–Trinajstić information content (AvgIpc) is 2.78. The van der Waals surface area contributed by atoms with Crippen molar-refractivity contribution in [2.24, 2.45) is 0 Å². The highest BCUT2D eigenvalue weighted by Crippen LogP contribution is 2.32. The first-order valence-corrected chi connectivity index (χ1v) is 14.0. The van der Waals surface area contributed by atoms with Gasteiger partial charge < -0.3 is 14.8 Å². The highest BCUT2D eigenvalue weighted by atomic mass is 35.5. The van der Waals surface area contributed by atoms with Crippen molar-refractivity contribution in [3.05, 3.63) is 46.4 Å². The topological polar surface area (TPSA) is 122 Å². The Kier molecular flexibility index (Phi) is 8.32. The molecule has 0 bridgehead atoms. The van der Waals surface area contributed by atoms with Crippen LogP contribution in [0, 0.1) is 0 Å². The molecule has 1 saturated heterocycles. The Morgan fingerprint density at radius 1 is 1.12 bits per heavy atom. The number of carbonyl (C=O) groups excluding carboxylic acids is 1. The monoisotopic (exact) mass is 551 g/mol. The number of hydrogen-bond acceptors (Lipinski definition) is 7. The molecule has 0 spiro atoms. The molecule has 1 aliphatic rings. The predicted molar refractivity (Wildman–Crippen MR) is 130 cm³/mol. The molecule has 1 aliphatic heterocycles. The summed E-state index contributed by atoms with van der Waals surface area (Å²) in [4.78, 5) is 12.8. The van der Waals surface area contributed by atoms with E-state index in [1.165, 1.54) is 47.8 Å². The number of nitrogens with one attached hydrogen (secondary N) is 1. The number of carbonyl (C=O) groups is 1. The Morgan fingerprint density at radius 3 is 2.38 bits per heavy atom. The maximum absolute atomic E-state index is 13.0. The molecule has 186 valence electrons. The third-order valence-corrected chi connectivity index (χ3v) is 8.48. The number of methoxy groups -OCH3 is 1. The number of anilines is 2. The van der Waals surface area contributed by atoms with E-state index in [4.69, 9.17) is 32.7 Å². The minimum atomic E-state index is -3.90. The fraction of sp³-hybridized carbons (Fsp3) is 0.350. The van der Waals surface area contributed by atoms with Crippen molar-refractivity contribution < 1.29 is 31.1 Å². The van der Waals surface area contributed by atoms with Crippen LogP contribution in [0.25, 0.3) is 0 Å². The average molecular weight is 552 g/mol. The molecule has 0 saturated carbocycles. The predicted octanol–water partition coefficient (Wildman–Crippen LogP) is 2.43. The van der Waals surface area contributed by atoms with E-state index in [2.05, 4.69) is 5.32 Å². The number of benzene rings is 2. The van der Waals surface area contributed by atoms with Gasteiger partial charge in [-0.05, 0) is 36.4 Å². The number of nitrogens with zero attached hydrogens (tertiary/aromatic N) is 2. The fourth-order valence-corrected chi connectivity index (χ4v) is 6.13. The Bertz CT molecular complexity index is 1280. The highest BCUT2D eigenvalue weighted by Gasteiger charge is 2.28. The molecule has 2 aromatic carbocycles. The molecule has 1 fully saturated rings. The van der Waals surface area contributed by atoms with Crippen molar-refractivity contribution in [3.63, 3.8) is 0 Å². The van der Waals surface area contributed by atoms with Crippen LogP contribution in [0.4, 0.5) is 11.4 Å². The van der Waals surface area contributed by atoms with Gasteiger partial charge in [0.2, 0.25) is 26.0 Å². The first kappa shape index (κ1) is 26.5. The van der Waals surface area contributed by atoms with Gasteiger partial charge in [-0.1, -0.05) is 23.2 Å². The molecule has 0 aromatic heterocycles. The maximum atomic E-state index is 13.0. The van der Waals surface area contributed by atoms with Crippen LogP contribution in [-0.2, 0) is 29.6 Å². The van der Waals surface area contributed by atoms with E-state index in [1.54, 1.807) is 0 Å². The standard InChI is InChI=1S/C20H23Cl2N3O7S2/c1-31-19-6-4-15(34(29,30)24-7-9-32-10-8-24)12-17(19)23-20(26)13-25(33(2,27)28)18-5-3-14(21)11-16(18)22/h3-6,11-12H,7-10,13H2,1-2H3,(H,23,26). The van der Waals surface area contributed by atoms with E-state index >= 15 is 0 Å². The van der Waals surface area contributed by atoms with Crippen LogP contribution < -0.4 is 14.4 Å². The second-order valence-corrected chi connectivity index (χ2v) is 12.0. The van der Waals surface area contributed by atoms with E-state index in [0.717, 1.165) is 10.6 Å². The zero-order valence-electron chi connectivity index (χ0n) is 18.3. The second kappa shape index (κ2) is 10.7. The molecule has 14 heteroatoms. The molecule has 0 aliphatic carbocycles. The SMILES string of the molecule is COc1ccc(S(=O)(=O)N2CCOCC2)cc1NC(=O)CN(c1ccc(Cl)cc1Cl)S(C)(=O)=O. The molecule has 0 unspecified atom stereocenters. The maximum Gasteiger partial charge on any atom is 0.245 e. The van der Waals surface area contributed by atoms with Crippen LogP contribution in [0.3, 0.4) is 0 Å². The van der Waals surface area contributed by atoms with Crippen molar-refractivity contribution in [3.8, 4) is 5.75 Å². The highest BCUT2D eigenvalue weighted by molar-refractivity contribution is 7.92. The van der Waals surface area contributed by atoms with Crippen LogP contribution >= 0.6 is 23.2 Å². The molecular formula is C20H23Cl2N3O7S2. The molecule has 3 rings (SSSR count). The van der Waals surface area contributed by atoms with Crippen LogP contribution in [0.5, 0.6) is 5.75 Å². The largest absolute Gasteiger partial charge is 0.495 e. The lowest BCUT2D eigenvalue weighted by molar-refractivity contribution is -0.114. The summed E-state index contributed by atoms with van der Waals surface area (Å²) in [6.07, 6.45) is 0.932. The first-order chi connectivity index (χ1) is 15.9. The molecule has 10 nitrogen and oxygen atoms in total. The van der Waals surface area contributed by atoms with E-state index < -0.39 is 32.5 Å². The quantitative estimate of drug-likeness (QED) is 0.534. The van der Waals surface area contributed by atoms with Gasteiger partial charge >= 0.3 is 0 Å². The third kappa shape index (κ3) is 6.12. The molecule has 2 aromatic rings. The van der Waals surface area contributed by atoms with Crippen molar-refractivity contribution in [2.45, 2.75) is 4.90 Å². The summed E-state index contributed by atoms with van der Waals surface area (Å²) in [6.45, 7) is 0.368. The Morgan fingerprint density at radius 2 is 1.79 bits per heavy atom. The summed E-state index contributed by atoms with van der Waals surface area (Å²) in [5.41, 5.74) is 0.136. The lowest BCUT2D eigenvalue weighted by Crippen LogP contribution is -2.40. The van der Waals surface area contributed by atoms with E-state index in [0.29, 0.717) is 5.02 Å². The van der Waals surface area contributed by atoms with Crippen LogP contribution in [0.2, 0.25) is 10.0 Å². The van der Waals surface area contributed by atoms with Crippen molar-refractivity contribution in [1.29, 1.82) is 0 Å².